The van der Waals surface area contributed by atoms with Gasteiger partial charge in [0.1, 0.15) is 6.04 Å². The number of urea groups is 1. The minimum Gasteiger partial charge on any atom is -0.480 e. The number of aliphatic carboxylic acids is 1. The van der Waals surface area contributed by atoms with Gasteiger partial charge in [0, 0.05) is 13.1 Å². The van der Waals surface area contributed by atoms with Crippen LogP contribution in [0.1, 0.15) is 20.8 Å². The van der Waals surface area contributed by atoms with Gasteiger partial charge in [-0.2, -0.15) is 0 Å². The molecule has 0 rings (SSSR count). The summed E-state index contributed by atoms with van der Waals surface area (Å²) in [5.41, 5.74) is -0.550. The van der Waals surface area contributed by atoms with Crippen molar-refractivity contribution in [3.8, 4) is 0 Å². The molecule has 7 heteroatoms. The summed E-state index contributed by atoms with van der Waals surface area (Å²) in [6.07, 6.45) is 0. The molecule has 0 aliphatic rings. The van der Waals surface area contributed by atoms with E-state index in [1.165, 1.54) is 0 Å². The molecule has 118 valence electrons. The molecule has 0 bridgehead atoms. The predicted molar refractivity (Wildman–Crippen MR) is 76.8 cm³/mol. The Kier molecular flexibility index (Phi) is 8.17. The molecule has 0 saturated heterocycles. The third kappa shape index (κ3) is 8.71. The van der Waals surface area contributed by atoms with Crippen LogP contribution >= 0.6 is 0 Å². The van der Waals surface area contributed by atoms with E-state index in [1.807, 2.05) is 19.0 Å². The number of hydrogen-bond donors (Lipinski definition) is 3. The Morgan fingerprint density at radius 2 is 1.85 bits per heavy atom. The Labute approximate surface area is 120 Å². The summed E-state index contributed by atoms with van der Waals surface area (Å²) in [6, 6.07) is -1.43. The van der Waals surface area contributed by atoms with Gasteiger partial charge in [-0.1, -0.05) is 20.8 Å². The van der Waals surface area contributed by atoms with Gasteiger partial charge in [0.15, 0.2) is 0 Å². The highest BCUT2D eigenvalue weighted by Gasteiger charge is 2.32. The number of amides is 2. The lowest BCUT2D eigenvalue weighted by molar-refractivity contribution is -0.141. The summed E-state index contributed by atoms with van der Waals surface area (Å²) in [4.78, 5) is 24.7. The van der Waals surface area contributed by atoms with Gasteiger partial charge < -0.3 is 25.4 Å². The van der Waals surface area contributed by atoms with Gasteiger partial charge in [-0.3, -0.25) is 0 Å². The van der Waals surface area contributed by atoms with E-state index in [0.29, 0.717) is 19.8 Å². The molecule has 0 aromatic heterocycles. The molecule has 0 aromatic rings. The second-order valence-corrected chi connectivity index (χ2v) is 5.95. The molecule has 0 aliphatic heterocycles. The second kappa shape index (κ2) is 8.76. The fourth-order valence-corrected chi connectivity index (χ4v) is 1.42. The monoisotopic (exact) mass is 289 g/mol. The quantitative estimate of drug-likeness (QED) is 0.561. The minimum atomic E-state index is -1.05. The molecule has 1 atom stereocenters. The van der Waals surface area contributed by atoms with Crippen LogP contribution < -0.4 is 10.6 Å². The van der Waals surface area contributed by atoms with Crippen molar-refractivity contribution in [2.45, 2.75) is 26.8 Å². The summed E-state index contributed by atoms with van der Waals surface area (Å²) >= 11 is 0. The zero-order valence-corrected chi connectivity index (χ0v) is 13.0. The van der Waals surface area contributed by atoms with Crippen LogP contribution in [0.25, 0.3) is 0 Å². The smallest absolute Gasteiger partial charge is 0.326 e. The third-order valence-corrected chi connectivity index (χ3v) is 2.60. The number of carbonyl (C=O) groups is 2. The molecule has 2 amide bonds. The molecular weight excluding hydrogens is 262 g/mol. The Balaban J connectivity index is 3.90. The van der Waals surface area contributed by atoms with Gasteiger partial charge in [-0.25, -0.2) is 9.59 Å². The van der Waals surface area contributed by atoms with Crippen molar-refractivity contribution >= 4 is 12.0 Å². The third-order valence-electron chi connectivity index (χ3n) is 2.60. The lowest BCUT2D eigenvalue weighted by atomic mass is 9.87. The number of nitrogens with one attached hydrogen (secondary N) is 2. The van der Waals surface area contributed by atoms with Gasteiger partial charge in [0.05, 0.1) is 13.2 Å². The van der Waals surface area contributed by atoms with Crippen molar-refractivity contribution in [3.05, 3.63) is 0 Å². The first kappa shape index (κ1) is 18.7. The summed E-state index contributed by atoms with van der Waals surface area (Å²) in [7, 11) is 3.90. The van der Waals surface area contributed by atoms with Crippen LogP contribution in [0.2, 0.25) is 0 Å². The van der Waals surface area contributed by atoms with Crippen molar-refractivity contribution in [2.75, 3.05) is 40.4 Å². The Morgan fingerprint density at radius 1 is 1.25 bits per heavy atom. The van der Waals surface area contributed by atoms with Crippen molar-refractivity contribution in [2.24, 2.45) is 5.41 Å². The number of rotatable bonds is 8. The molecule has 7 nitrogen and oxygen atoms in total. The Morgan fingerprint density at radius 3 is 2.30 bits per heavy atom. The van der Waals surface area contributed by atoms with Gasteiger partial charge >= 0.3 is 12.0 Å². The topological polar surface area (TPSA) is 90.9 Å². The summed E-state index contributed by atoms with van der Waals surface area (Å²) in [5, 5.41) is 14.1. The maximum atomic E-state index is 11.6. The van der Waals surface area contributed by atoms with E-state index >= 15 is 0 Å². The van der Waals surface area contributed by atoms with Crippen molar-refractivity contribution in [3.63, 3.8) is 0 Å². The van der Waals surface area contributed by atoms with E-state index in [9.17, 15) is 9.59 Å². The highest BCUT2D eigenvalue weighted by atomic mass is 16.5. The van der Waals surface area contributed by atoms with E-state index < -0.39 is 23.5 Å². The molecule has 0 aliphatic carbocycles. The predicted octanol–water partition coefficient (Wildman–Crippen LogP) is 0.363. The molecule has 1 unspecified atom stereocenters. The van der Waals surface area contributed by atoms with Gasteiger partial charge in [-0.15, -0.1) is 0 Å². The first-order valence-electron chi connectivity index (χ1n) is 6.64. The van der Waals surface area contributed by atoms with Crippen LogP contribution in [-0.2, 0) is 9.53 Å². The zero-order valence-electron chi connectivity index (χ0n) is 13.0. The van der Waals surface area contributed by atoms with Crippen LogP contribution in [-0.4, -0.2) is 68.4 Å². The maximum absolute atomic E-state index is 11.6. The molecule has 20 heavy (non-hydrogen) atoms. The van der Waals surface area contributed by atoms with Crippen molar-refractivity contribution in [1.82, 2.24) is 15.5 Å². The van der Waals surface area contributed by atoms with Crippen molar-refractivity contribution in [1.29, 1.82) is 0 Å². The Bertz CT molecular complexity index is 313. The molecule has 0 aromatic carbocycles. The molecule has 0 spiro atoms. The fraction of sp³-hybridized carbons (Fsp3) is 0.846. The molecule has 0 fully saturated rings. The van der Waals surface area contributed by atoms with Crippen LogP contribution in [0.3, 0.4) is 0 Å². The molecule has 0 heterocycles. The second-order valence-electron chi connectivity index (χ2n) is 5.95. The Hall–Kier alpha value is -1.34. The number of hydrogen-bond acceptors (Lipinski definition) is 4. The highest BCUT2D eigenvalue weighted by Crippen LogP contribution is 2.19. The normalized spacial score (nSPS) is 13.1. The SMILES string of the molecule is CN(C)CCOCCNC(=O)NC(C(=O)O)C(C)(C)C. The number of likely N-dealkylation sites (N-methyl/N-ethyl adjacent to an activating group) is 1. The number of carboxylic acid groups (broad SMARTS) is 1. The summed E-state index contributed by atoms with van der Waals surface area (Å²) < 4.78 is 5.31. The average Bonchev–Trinajstić information content (AvgIpc) is 2.28. The average molecular weight is 289 g/mol. The first-order chi connectivity index (χ1) is 9.14. The highest BCUT2D eigenvalue weighted by molar-refractivity contribution is 5.83. The summed E-state index contributed by atoms with van der Waals surface area (Å²) in [6.45, 7) is 7.43. The van der Waals surface area contributed by atoms with Crippen LogP contribution in [0.4, 0.5) is 4.79 Å². The van der Waals surface area contributed by atoms with E-state index in [2.05, 4.69) is 10.6 Å². The van der Waals surface area contributed by atoms with Crippen LogP contribution in [0.5, 0.6) is 0 Å². The maximum Gasteiger partial charge on any atom is 0.326 e. The van der Waals surface area contributed by atoms with E-state index in [0.717, 1.165) is 6.54 Å². The van der Waals surface area contributed by atoms with Gasteiger partial charge in [-0.05, 0) is 19.5 Å². The zero-order chi connectivity index (χ0) is 15.8. The molecule has 0 saturated carbocycles. The van der Waals surface area contributed by atoms with E-state index in [4.69, 9.17) is 9.84 Å². The minimum absolute atomic E-state index is 0.343. The summed E-state index contributed by atoms with van der Waals surface area (Å²) in [5.74, 6) is -1.05. The van der Waals surface area contributed by atoms with E-state index in [1.54, 1.807) is 20.8 Å². The lowest BCUT2D eigenvalue weighted by Gasteiger charge is -2.27. The first-order valence-corrected chi connectivity index (χ1v) is 6.64. The largest absolute Gasteiger partial charge is 0.480 e. The standard InChI is InChI=1S/C13H27N3O4/c1-13(2,3)10(11(17)18)15-12(19)14-6-8-20-9-7-16(4)5/h10H,6-9H2,1-5H3,(H,17,18)(H2,14,15,19). The number of carboxylic acids is 1. The molecular formula is C13H27N3O4. The van der Waals surface area contributed by atoms with E-state index in [-0.39, 0.29) is 0 Å². The van der Waals surface area contributed by atoms with Crippen LogP contribution in [0, 0.1) is 5.41 Å². The molecule has 3 N–H and O–H groups in total. The van der Waals surface area contributed by atoms with Gasteiger partial charge in [0.25, 0.3) is 0 Å². The number of carbonyl (C=O) groups excluding carboxylic acids is 1. The fourth-order valence-electron chi connectivity index (χ4n) is 1.42. The number of nitrogens with zero attached hydrogens (tertiary/aromatic N) is 1. The molecule has 0 radical (unpaired) electrons. The van der Waals surface area contributed by atoms with Crippen molar-refractivity contribution < 1.29 is 19.4 Å². The lowest BCUT2D eigenvalue weighted by Crippen LogP contribution is -2.52. The van der Waals surface area contributed by atoms with Crippen LogP contribution in [0.15, 0.2) is 0 Å². The number of ether oxygens (including phenoxy) is 1. The van der Waals surface area contributed by atoms with Gasteiger partial charge in [0.2, 0.25) is 0 Å².